The van der Waals surface area contributed by atoms with Crippen molar-refractivity contribution in [2.45, 2.75) is 39.7 Å². The first-order chi connectivity index (χ1) is 17.5. The molecule has 0 fully saturated rings. The number of anilines is 2. The third-order valence-electron chi connectivity index (χ3n) is 6.39. The van der Waals surface area contributed by atoms with Crippen molar-refractivity contribution in [3.63, 3.8) is 0 Å². The molecule has 7 nitrogen and oxygen atoms in total. The van der Waals surface area contributed by atoms with Crippen molar-refractivity contribution in [1.82, 2.24) is 0 Å². The normalized spacial score (nSPS) is 14.5. The lowest BCUT2D eigenvalue weighted by molar-refractivity contribution is 0.102. The Morgan fingerprint density at radius 3 is 2.44 bits per heavy atom. The molecule has 192 valence electrons. The third-order valence-corrected chi connectivity index (χ3v) is 7.60. The number of benzene rings is 2. The van der Waals surface area contributed by atoms with E-state index in [0.717, 1.165) is 52.4 Å². The van der Waals surface area contributed by atoms with Gasteiger partial charge in [0.05, 0.1) is 33.5 Å². The van der Waals surface area contributed by atoms with Crippen LogP contribution in [0, 0.1) is 5.92 Å². The molecule has 8 heteroatoms. The van der Waals surface area contributed by atoms with Gasteiger partial charge in [0.2, 0.25) is 5.75 Å². The maximum absolute atomic E-state index is 13.5. The van der Waals surface area contributed by atoms with Crippen molar-refractivity contribution in [3.05, 3.63) is 58.0 Å². The smallest absolute Gasteiger partial charge is 0.258 e. The van der Waals surface area contributed by atoms with E-state index >= 15 is 0 Å². The average molecular weight is 511 g/mol. The van der Waals surface area contributed by atoms with E-state index in [1.165, 1.54) is 4.88 Å². The largest absolute Gasteiger partial charge is 0.494 e. The number of amides is 1. The van der Waals surface area contributed by atoms with E-state index in [1.54, 1.807) is 32.7 Å². The number of thiophene rings is 1. The van der Waals surface area contributed by atoms with Crippen molar-refractivity contribution in [2.75, 3.05) is 38.6 Å². The van der Waals surface area contributed by atoms with Crippen molar-refractivity contribution in [2.24, 2.45) is 5.92 Å². The van der Waals surface area contributed by atoms with Gasteiger partial charge in [0.1, 0.15) is 10.8 Å². The molecule has 0 saturated heterocycles. The van der Waals surface area contributed by atoms with Gasteiger partial charge in [-0.2, -0.15) is 0 Å². The van der Waals surface area contributed by atoms with Gasteiger partial charge in [-0.05, 0) is 74.1 Å². The zero-order valence-corrected chi connectivity index (χ0v) is 22.3. The number of hydrogen-bond acceptors (Lipinski definition) is 7. The molecule has 0 saturated carbocycles. The third kappa shape index (κ3) is 5.38. The molecular weight excluding hydrogens is 476 g/mol. The number of hydrogen-bond donors (Lipinski definition) is 2. The van der Waals surface area contributed by atoms with E-state index in [0.29, 0.717) is 36.3 Å². The molecule has 1 aliphatic rings. The van der Waals surface area contributed by atoms with Gasteiger partial charge in [0.25, 0.3) is 5.91 Å². The Morgan fingerprint density at radius 2 is 1.78 bits per heavy atom. The quantitative estimate of drug-likeness (QED) is 0.340. The van der Waals surface area contributed by atoms with Crippen LogP contribution in [0.2, 0.25) is 0 Å². The Morgan fingerprint density at radius 1 is 1.03 bits per heavy atom. The molecule has 0 aliphatic heterocycles. The zero-order chi connectivity index (χ0) is 25.7. The number of ether oxygens (including phenoxy) is 4. The van der Waals surface area contributed by atoms with Crippen LogP contribution >= 0.6 is 11.3 Å². The summed E-state index contributed by atoms with van der Waals surface area (Å²) in [5, 5.41) is 7.47. The van der Waals surface area contributed by atoms with Crippen LogP contribution in [-0.4, -0.2) is 33.8 Å². The summed E-state index contributed by atoms with van der Waals surface area (Å²) in [5.74, 6) is 3.05. The molecule has 1 aliphatic carbocycles. The summed E-state index contributed by atoms with van der Waals surface area (Å²) in [6.07, 6.45) is 2.97. The standard InChI is InChI=1S/C28H34N2O5S/c1-6-35-20-11-9-19(10-12-20)30-27(31)24-21-13-7-17(2)15-23(21)36-28(24)29-16-18-8-14-22(32-3)26(34-5)25(18)33-4/h8-12,14,17,29H,6-7,13,15-16H2,1-5H3,(H,30,31)/t17-/m1/s1. The number of carbonyl (C=O) groups excluding carboxylic acids is 1. The Kier molecular flexibility index (Phi) is 8.25. The topological polar surface area (TPSA) is 78.1 Å². The maximum Gasteiger partial charge on any atom is 0.258 e. The SMILES string of the molecule is CCOc1ccc(NC(=O)c2c(NCc3ccc(OC)c(OC)c3OC)sc3c2CC[C@@H](C)C3)cc1. The van der Waals surface area contributed by atoms with Gasteiger partial charge in [0, 0.05) is 22.7 Å². The lowest BCUT2D eigenvalue weighted by atomic mass is 9.88. The minimum Gasteiger partial charge on any atom is -0.494 e. The number of carbonyl (C=O) groups is 1. The highest BCUT2D eigenvalue weighted by molar-refractivity contribution is 7.16. The summed E-state index contributed by atoms with van der Waals surface area (Å²) in [6, 6.07) is 11.3. The molecule has 0 bridgehead atoms. The highest BCUT2D eigenvalue weighted by Crippen LogP contribution is 2.42. The fourth-order valence-electron chi connectivity index (χ4n) is 4.59. The van der Waals surface area contributed by atoms with E-state index in [4.69, 9.17) is 18.9 Å². The fourth-order valence-corrected chi connectivity index (χ4v) is 5.99. The van der Waals surface area contributed by atoms with Gasteiger partial charge in [-0.3, -0.25) is 4.79 Å². The molecular formula is C28H34N2O5S. The van der Waals surface area contributed by atoms with Crippen molar-refractivity contribution >= 4 is 27.9 Å². The first kappa shape index (κ1) is 25.7. The minimum absolute atomic E-state index is 0.104. The van der Waals surface area contributed by atoms with Crippen LogP contribution in [0.4, 0.5) is 10.7 Å². The second-order valence-corrected chi connectivity index (χ2v) is 9.92. The van der Waals surface area contributed by atoms with E-state index < -0.39 is 0 Å². The monoisotopic (exact) mass is 510 g/mol. The van der Waals surface area contributed by atoms with Gasteiger partial charge < -0.3 is 29.6 Å². The summed E-state index contributed by atoms with van der Waals surface area (Å²) >= 11 is 1.68. The number of rotatable bonds is 10. The predicted octanol–water partition coefficient (Wildman–Crippen LogP) is 6.16. The Balaban J connectivity index is 1.61. The van der Waals surface area contributed by atoms with Crippen molar-refractivity contribution < 1.29 is 23.7 Å². The molecule has 3 aromatic rings. The van der Waals surface area contributed by atoms with Crippen LogP contribution in [0.1, 0.15) is 46.6 Å². The highest BCUT2D eigenvalue weighted by Gasteiger charge is 2.28. The molecule has 1 heterocycles. The minimum atomic E-state index is -0.104. The molecule has 36 heavy (non-hydrogen) atoms. The van der Waals surface area contributed by atoms with Crippen LogP contribution in [0.15, 0.2) is 36.4 Å². The highest BCUT2D eigenvalue weighted by atomic mass is 32.1. The molecule has 1 atom stereocenters. The molecule has 0 unspecified atom stereocenters. The first-order valence-corrected chi connectivity index (χ1v) is 13.0. The molecule has 1 aromatic heterocycles. The van der Waals surface area contributed by atoms with Gasteiger partial charge in [0.15, 0.2) is 11.5 Å². The van der Waals surface area contributed by atoms with E-state index in [1.807, 2.05) is 43.3 Å². The van der Waals surface area contributed by atoms with Crippen molar-refractivity contribution in [1.29, 1.82) is 0 Å². The van der Waals surface area contributed by atoms with Crippen molar-refractivity contribution in [3.8, 4) is 23.0 Å². The van der Waals surface area contributed by atoms with Crippen LogP contribution in [-0.2, 0) is 19.4 Å². The molecule has 0 spiro atoms. The lowest BCUT2D eigenvalue weighted by Gasteiger charge is -2.19. The molecule has 4 rings (SSSR count). The van der Waals surface area contributed by atoms with Gasteiger partial charge in [-0.25, -0.2) is 0 Å². The average Bonchev–Trinajstić information content (AvgIpc) is 3.25. The Bertz CT molecular complexity index is 1210. The van der Waals surface area contributed by atoms with E-state index in [-0.39, 0.29) is 5.91 Å². The number of methoxy groups -OCH3 is 3. The Labute approximate surface area is 216 Å². The fraction of sp³-hybridized carbons (Fsp3) is 0.393. The summed E-state index contributed by atoms with van der Waals surface area (Å²) in [6.45, 7) is 5.29. The van der Waals surface area contributed by atoms with E-state index in [9.17, 15) is 4.79 Å². The van der Waals surface area contributed by atoms with E-state index in [2.05, 4.69) is 17.6 Å². The van der Waals surface area contributed by atoms with Crippen LogP contribution in [0.5, 0.6) is 23.0 Å². The maximum atomic E-state index is 13.5. The Hall–Kier alpha value is -3.39. The summed E-state index contributed by atoms with van der Waals surface area (Å²) in [7, 11) is 4.80. The summed E-state index contributed by atoms with van der Waals surface area (Å²) < 4.78 is 22.1. The predicted molar refractivity (Wildman–Crippen MR) is 144 cm³/mol. The first-order valence-electron chi connectivity index (χ1n) is 12.2. The van der Waals surface area contributed by atoms with Crippen LogP contribution < -0.4 is 29.6 Å². The second kappa shape index (κ2) is 11.6. The molecule has 0 radical (unpaired) electrons. The number of nitrogens with one attached hydrogen (secondary N) is 2. The van der Waals surface area contributed by atoms with Gasteiger partial charge >= 0.3 is 0 Å². The zero-order valence-electron chi connectivity index (χ0n) is 21.5. The molecule has 1 amide bonds. The number of fused-ring (bicyclic) bond motifs is 1. The molecule has 2 N–H and O–H groups in total. The molecule has 2 aromatic carbocycles. The van der Waals surface area contributed by atoms with Crippen LogP contribution in [0.3, 0.4) is 0 Å². The van der Waals surface area contributed by atoms with Crippen LogP contribution in [0.25, 0.3) is 0 Å². The lowest BCUT2D eigenvalue weighted by Crippen LogP contribution is -2.18. The summed E-state index contributed by atoms with van der Waals surface area (Å²) in [4.78, 5) is 14.8. The van der Waals surface area contributed by atoms with Gasteiger partial charge in [-0.1, -0.05) is 6.92 Å². The summed E-state index contributed by atoms with van der Waals surface area (Å²) in [5.41, 5.74) is 3.53. The van der Waals surface area contributed by atoms with Gasteiger partial charge in [-0.15, -0.1) is 11.3 Å². The second-order valence-electron chi connectivity index (χ2n) is 8.81.